The van der Waals surface area contributed by atoms with Gasteiger partial charge in [0.25, 0.3) is 0 Å². The third-order valence-electron chi connectivity index (χ3n) is 3.65. The Kier molecular flexibility index (Phi) is 4.83. The summed E-state index contributed by atoms with van der Waals surface area (Å²) < 4.78 is 5.73. The van der Waals surface area contributed by atoms with E-state index < -0.39 is 0 Å². The Labute approximate surface area is 129 Å². The van der Waals surface area contributed by atoms with Gasteiger partial charge in [-0.1, -0.05) is 25.1 Å². The monoisotopic (exact) mass is 303 g/mol. The molecule has 1 aromatic heterocycles. The van der Waals surface area contributed by atoms with Crippen molar-refractivity contribution in [3.63, 3.8) is 0 Å². The second-order valence-corrected chi connectivity index (χ2v) is 6.38. The van der Waals surface area contributed by atoms with E-state index in [0.29, 0.717) is 6.61 Å². The predicted molar refractivity (Wildman–Crippen MR) is 85.2 cm³/mol. The molecular weight excluding hydrogens is 282 g/mol. The van der Waals surface area contributed by atoms with Crippen LogP contribution >= 0.6 is 11.3 Å². The van der Waals surface area contributed by atoms with Crippen molar-refractivity contribution in [2.24, 2.45) is 0 Å². The number of para-hydroxylation sites is 1. The standard InChI is InChI=1S/C16H21N3OS/c1-2-9-17-10-5-8-15-18-19-16(21-15)13-11-20-14-7-4-3-6-12(13)14/h3-4,6-7,13,17H,2,5,8-11H2,1H3. The largest absolute Gasteiger partial charge is 0.492 e. The highest BCUT2D eigenvalue weighted by Crippen LogP contribution is 2.38. The number of fused-ring (bicyclic) bond motifs is 1. The molecule has 0 spiro atoms. The van der Waals surface area contributed by atoms with E-state index in [1.54, 1.807) is 11.3 Å². The lowest BCUT2D eigenvalue weighted by molar-refractivity contribution is 0.342. The molecule has 2 heterocycles. The van der Waals surface area contributed by atoms with Crippen LogP contribution in [0.3, 0.4) is 0 Å². The first-order chi connectivity index (χ1) is 10.4. The van der Waals surface area contributed by atoms with Crippen LogP contribution < -0.4 is 10.1 Å². The summed E-state index contributed by atoms with van der Waals surface area (Å²) in [5, 5.41) is 14.3. The van der Waals surface area contributed by atoms with E-state index in [1.807, 2.05) is 12.1 Å². The van der Waals surface area contributed by atoms with Crippen molar-refractivity contribution < 1.29 is 4.74 Å². The maximum absolute atomic E-state index is 5.73. The first kappa shape index (κ1) is 14.5. The Balaban J connectivity index is 1.58. The molecule has 0 saturated carbocycles. The minimum Gasteiger partial charge on any atom is -0.492 e. The summed E-state index contributed by atoms with van der Waals surface area (Å²) in [6.45, 7) is 5.02. The molecule has 0 radical (unpaired) electrons. The first-order valence-corrected chi connectivity index (χ1v) is 8.45. The van der Waals surface area contributed by atoms with Crippen LogP contribution in [0.1, 0.15) is 41.3 Å². The van der Waals surface area contributed by atoms with Crippen molar-refractivity contribution in [3.8, 4) is 5.75 Å². The van der Waals surface area contributed by atoms with E-state index in [0.717, 1.165) is 41.7 Å². The summed E-state index contributed by atoms with van der Waals surface area (Å²) in [4.78, 5) is 0. The minimum atomic E-state index is 0.255. The van der Waals surface area contributed by atoms with Crippen LogP contribution in [0.25, 0.3) is 0 Å². The minimum absolute atomic E-state index is 0.255. The zero-order valence-electron chi connectivity index (χ0n) is 12.3. The van der Waals surface area contributed by atoms with Gasteiger partial charge in [0, 0.05) is 12.0 Å². The van der Waals surface area contributed by atoms with Crippen molar-refractivity contribution in [2.75, 3.05) is 19.7 Å². The number of nitrogens with one attached hydrogen (secondary N) is 1. The molecule has 1 unspecified atom stereocenters. The Morgan fingerprint density at radius 1 is 1.29 bits per heavy atom. The Hall–Kier alpha value is -1.46. The van der Waals surface area contributed by atoms with Gasteiger partial charge in [-0.25, -0.2) is 0 Å². The van der Waals surface area contributed by atoms with Crippen LogP contribution in [0.4, 0.5) is 0 Å². The highest BCUT2D eigenvalue weighted by Gasteiger charge is 2.28. The van der Waals surface area contributed by atoms with E-state index in [2.05, 4.69) is 34.6 Å². The molecule has 3 rings (SSSR count). The molecule has 0 bridgehead atoms. The number of ether oxygens (including phenoxy) is 1. The smallest absolute Gasteiger partial charge is 0.128 e. The van der Waals surface area contributed by atoms with Gasteiger partial charge in [0.15, 0.2) is 0 Å². The fourth-order valence-electron chi connectivity index (χ4n) is 2.54. The molecule has 1 N–H and O–H groups in total. The van der Waals surface area contributed by atoms with Crippen LogP contribution in [-0.4, -0.2) is 29.9 Å². The van der Waals surface area contributed by atoms with Gasteiger partial charge in [-0.3, -0.25) is 0 Å². The number of hydrogen-bond acceptors (Lipinski definition) is 5. The van der Waals surface area contributed by atoms with Gasteiger partial charge in [-0.05, 0) is 32.0 Å². The fourth-order valence-corrected chi connectivity index (χ4v) is 3.53. The van der Waals surface area contributed by atoms with Crippen molar-refractivity contribution in [1.82, 2.24) is 15.5 Å². The van der Waals surface area contributed by atoms with Crippen LogP contribution in [0.15, 0.2) is 24.3 Å². The Bertz CT molecular complexity index is 584. The van der Waals surface area contributed by atoms with Crippen molar-refractivity contribution >= 4 is 11.3 Å². The predicted octanol–water partition coefficient (Wildman–Crippen LogP) is 2.99. The number of nitrogens with zero attached hydrogens (tertiary/aromatic N) is 2. The summed E-state index contributed by atoms with van der Waals surface area (Å²) in [7, 11) is 0. The number of aromatic nitrogens is 2. The van der Waals surface area contributed by atoms with E-state index in [-0.39, 0.29) is 5.92 Å². The molecule has 1 atom stereocenters. The fraction of sp³-hybridized carbons (Fsp3) is 0.500. The summed E-state index contributed by atoms with van der Waals surface area (Å²) in [5.41, 5.74) is 1.24. The van der Waals surface area contributed by atoms with E-state index in [1.165, 1.54) is 12.0 Å². The molecule has 4 nitrogen and oxygen atoms in total. The first-order valence-electron chi connectivity index (χ1n) is 7.63. The second-order valence-electron chi connectivity index (χ2n) is 5.29. The number of benzene rings is 1. The van der Waals surface area contributed by atoms with Crippen LogP contribution in [0.2, 0.25) is 0 Å². The molecule has 1 aliphatic heterocycles. The molecule has 0 aliphatic carbocycles. The van der Waals surface area contributed by atoms with Gasteiger partial charge in [-0.2, -0.15) is 0 Å². The molecule has 21 heavy (non-hydrogen) atoms. The molecule has 0 amide bonds. The zero-order chi connectivity index (χ0) is 14.5. The maximum Gasteiger partial charge on any atom is 0.128 e. The van der Waals surface area contributed by atoms with Crippen molar-refractivity contribution in [2.45, 2.75) is 32.1 Å². The molecular formula is C16H21N3OS. The normalized spacial score (nSPS) is 16.7. The molecule has 0 fully saturated rings. The van der Waals surface area contributed by atoms with Gasteiger partial charge in [0.1, 0.15) is 22.4 Å². The molecule has 1 aliphatic rings. The summed E-state index contributed by atoms with van der Waals surface area (Å²) in [5.74, 6) is 1.24. The highest BCUT2D eigenvalue weighted by atomic mass is 32.1. The zero-order valence-corrected chi connectivity index (χ0v) is 13.2. The van der Waals surface area contributed by atoms with E-state index in [4.69, 9.17) is 4.74 Å². The third-order valence-corrected chi connectivity index (χ3v) is 4.75. The summed E-state index contributed by atoms with van der Waals surface area (Å²) >= 11 is 1.73. The topological polar surface area (TPSA) is 47.0 Å². The SMILES string of the molecule is CCCNCCCc1nnc(C2COc3ccccc32)s1. The van der Waals surface area contributed by atoms with Gasteiger partial charge in [0.2, 0.25) is 0 Å². The van der Waals surface area contributed by atoms with Gasteiger partial charge in [0.05, 0.1) is 5.92 Å². The van der Waals surface area contributed by atoms with Crippen molar-refractivity contribution in [1.29, 1.82) is 0 Å². The Morgan fingerprint density at radius 2 is 2.19 bits per heavy atom. The summed E-state index contributed by atoms with van der Waals surface area (Å²) in [6.07, 6.45) is 3.31. The average molecular weight is 303 g/mol. The Morgan fingerprint density at radius 3 is 3.10 bits per heavy atom. The number of aryl methyl sites for hydroxylation is 1. The lowest BCUT2D eigenvalue weighted by atomic mass is 10.0. The van der Waals surface area contributed by atoms with Crippen LogP contribution in [-0.2, 0) is 6.42 Å². The van der Waals surface area contributed by atoms with E-state index in [9.17, 15) is 0 Å². The third kappa shape index (κ3) is 3.41. The van der Waals surface area contributed by atoms with Gasteiger partial charge >= 0.3 is 0 Å². The van der Waals surface area contributed by atoms with Gasteiger partial charge in [-0.15, -0.1) is 21.5 Å². The molecule has 1 aromatic carbocycles. The van der Waals surface area contributed by atoms with Crippen molar-refractivity contribution in [3.05, 3.63) is 39.8 Å². The number of hydrogen-bond donors (Lipinski definition) is 1. The molecule has 0 saturated heterocycles. The average Bonchev–Trinajstić information content (AvgIpc) is 3.13. The maximum atomic E-state index is 5.73. The quantitative estimate of drug-likeness (QED) is 0.799. The second kappa shape index (κ2) is 7.00. The number of rotatable bonds is 7. The summed E-state index contributed by atoms with van der Waals surface area (Å²) in [6, 6.07) is 8.22. The lowest BCUT2D eigenvalue weighted by Crippen LogP contribution is -2.16. The van der Waals surface area contributed by atoms with Crippen LogP contribution in [0.5, 0.6) is 5.75 Å². The van der Waals surface area contributed by atoms with Crippen LogP contribution in [0, 0.1) is 0 Å². The molecule has 112 valence electrons. The lowest BCUT2D eigenvalue weighted by Gasteiger charge is -2.02. The molecule has 2 aromatic rings. The van der Waals surface area contributed by atoms with Gasteiger partial charge < -0.3 is 10.1 Å². The highest BCUT2D eigenvalue weighted by molar-refractivity contribution is 7.11. The molecule has 5 heteroatoms. The van der Waals surface area contributed by atoms with E-state index >= 15 is 0 Å².